The minimum absolute atomic E-state index is 0.0924. The van der Waals surface area contributed by atoms with Crippen LogP contribution in [-0.4, -0.2) is 44.3 Å². The van der Waals surface area contributed by atoms with E-state index in [1.807, 2.05) is 54.6 Å². The zero-order valence-electron chi connectivity index (χ0n) is 18.5. The van der Waals surface area contributed by atoms with Crippen molar-refractivity contribution in [1.29, 1.82) is 0 Å². The average Bonchev–Trinajstić information content (AvgIpc) is 3.42. The van der Waals surface area contributed by atoms with Crippen molar-refractivity contribution in [2.75, 3.05) is 16.8 Å². The molecule has 0 aliphatic carbocycles. The zero-order chi connectivity index (χ0) is 23.7. The number of hydrogen-bond donors (Lipinski definition) is 3. The molecule has 3 heterocycles. The summed E-state index contributed by atoms with van der Waals surface area (Å²) in [6.07, 6.45) is 0.806. The molecule has 0 radical (unpaired) electrons. The predicted octanol–water partition coefficient (Wildman–Crippen LogP) is 3.94. The Morgan fingerprint density at radius 2 is 1.85 bits per heavy atom. The second kappa shape index (κ2) is 8.86. The number of carbonyl (C=O) groups is 2. The summed E-state index contributed by atoms with van der Waals surface area (Å²) in [4.78, 5) is 29.3. The zero-order valence-corrected chi connectivity index (χ0v) is 18.5. The molecule has 1 aliphatic rings. The summed E-state index contributed by atoms with van der Waals surface area (Å²) in [5.74, 6) is 0.630. The van der Waals surface area contributed by atoms with E-state index in [0.717, 1.165) is 28.4 Å². The van der Waals surface area contributed by atoms with Crippen LogP contribution in [0.1, 0.15) is 24.9 Å². The van der Waals surface area contributed by atoms with Crippen molar-refractivity contribution in [3.8, 4) is 11.3 Å². The van der Waals surface area contributed by atoms with E-state index in [2.05, 4.69) is 34.7 Å². The van der Waals surface area contributed by atoms with Gasteiger partial charge in [0.2, 0.25) is 5.91 Å². The molecule has 9 nitrogen and oxygen atoms in total. The number of rotatable bonds is 6. The molecule has 4 aromatic rings. The topological polar surface area (TPSA) is 112 Å². The predicted molar refractivity (Wildman–Crippen MR) is 129 cm³/mol. The van der Waals surface area contributed by atoms with Crippen molar-refractivity contribution in [1.82, 2.24) is 19.9 Å². The summed E-state index contributed by atoms with van der Waals surface area (Å²) < 4.78 is 1.79. The number of hydrogen-bond acceptors (Lipinski definition) is 5. The summed E-state index contributed by atoms with van der Waals surface area (Å²) in [7, 11) is 0. The summed E-state index contributed by atoms with van der Waals surface area (Å²) in [5, 5.41) is 19.5. The number of nitrogens with one attached hydrogen (secondary N) is 2. The van der Waals surface area contributed by atoms with Crippen LogP contribution in [0.3, 0.4) is 0 Å². The van der Waals surface area contributed by atoms with Gasteiger partial charge in [0, 0.05) is 30.3 Å². The number of benzene rings is 2. The molecule has 2 atom stereocenters. The molecule has 0 bridgehead atoms. The first-order valence-electron chi connectivity index (χ1n) is 11.0. The Hall–Kier alpha value is -4.40. The van der Waals surface area contributed by atoms with Crippen LogP contribution >= 0.6 is 0 Å². The number of anilines is 2. The molecule has 1 fully saturated rings. The highest BCUT2D eigenvalue weighted by Gasteiger charge is 2.31. The number of carboxylic acid groups (broad SMARTS) is 1. The van der Waals surface area contributed by atoms with Gasteiger partial charge in [0.1, 0.15) is 5.82 Å². The monoisotopic (exact) mass is 456 g/mol. The van der Waals surface area contributed by atoms with E-state index in [9.17, 15) is 9.59 Å². The number of fused-ring (bicyclic) bond motifs is 1. The first kappa shape index (κ1) is 21.4. The second-order valence-corrected chi connectivity index (χ2v) is 8.31. The highest BCUT2D eigenvalue weighted by molar-refractivity contribution is 5.96. The summed E-state index contributed by atoms with van der Waals surface area (Å²) in [6.45, 7) is 2.40. The number of imidazole rings is 1. The fraction of sp³-hybridized carbons (Fsp3) is 0.200. The number of carbonyl (C=O) groups excluding carboxylic acids is 1. The van der Waals surface area contributed by atoms with Gasteiger partial charge in [-0.15, -0.1) is 5.10 Å². The van der Waals surface area contributed by atoms with Crippen LogP contribution in [0, 0.1) is 0 Å². The van der Waals surface area contributed by atoms with Gasteiger partial charge in [0.15, 0.2) is 5.65 Å². The average molecular weight is 457 g/mol. The van der Waals surface area contributed by atoms with Gasteiger partial charge < -0.3 is 20.6 Å². The third kappa shape index (κ3) is 4.27. The Labute approximate surface area is 196 Å². The van der Waals surface area contributed by atoms with Crippen LogP contribution in [0.25, 0.3) is 16.9 Å². The van der Waals surface area contributed by atoms with E-state index in [1.165, 1.54) is 5.56 Å². The Bertz CT molecular complexity index is 1340. The van der Waals surface area contributed by atoms with Crippen molar-refractivity contribution >= 4 is 29.2 Å². The molecule has 9 heteroatoms. The van der Waals surface area contributed by atoms with Gasteiger partial charge in [-0.05, 0) is 36.8 Å². The summed E-state index contributed by atoms with van der Waals surface area (Å²) in [5.41, 5.74) is 4.36. The molecular formula is C25H24N6O3. The third-order valence-corrected chi connectivity index (χ3v) is 5.95. The van der Waals surface area contributed by atoms with Gasteiger partial charge in [-0.1, -0.05) is 42.5 Å². The molecule has 1 aliphatic heterocycles. The van der Waals surface area contributed by atoms with Gasteiger partial charge in [0.05, 0.1) is 17.9 Å². The fourth-order valence-corrected chi connectivity index (χ4v) is 4.23. The molecule has 2 aromatic carbocycles. The van der Waals surface area contributed by atoms with Crippen LogP contribution in [0.4, 0.5) is 16.3 Å². The third-order valence-electron chi connectivity index (χ3n) is 5.95. The first-order chi connectivity index (χ1) is 16.5. The maximum Gasteiger partial charge on any atom is 0.404 e. The largest absolute Gasteiger partial charge is 0.465 e. The molecule has 0 unspecified atom stereocenters. The standard InChI is InChI=1S/C25H24N6O3/c1-16(17-5-3-2-4-6-17)27-22-11-12-23-26-14-21(31(23)29-22)18-7-9-20(10-8-18)30-15-19(13-24(30)32)28-25(33)34/h2-12,14,16,19,28H,13,15H2,1H3,(H,27,29)(H,33,34)/t16-,19+/m1/s1. The smallest absolute Gasteiger partial charge is 0.404 e. The van der Waals surface area contributed by atoms with Gasteiger partial charge in [-0.3, -0.25) is 4.79 Å². The summed E-state index contributed by atoms with van der Waals surface area (Å²) in [6, 6.07) is 21.2. The molecule has 0 spiro atoms. The van der Waals surface area contributed by atoms with Gasteiger partial charge in [-0.2, -0.15) is 0 Å². The molecule has 1 saturated heterocycles. The van der Waals surface area contributed by atoms with Crippen molar-refractivity contribution in [2.45, 2.75) is 25.4 Å². The van der Waals surface area contributed by atoms with Crippen molar-refractivity contribution in [2.24, 2.45) is 0 Å². The lowest BCUT2D eigenvalue weighted by molar-refractivity contribution is -0.117. The maximum atomic E-state index is 12.3. The van der Waals surface area contributed by atoms with E-state index in [0.29, 0.717) is 6.54 Å². The van der Waals surface area contributed by atoms with E-state index in [-0.39, 0.29) is 18.4 Å². The molecule has 2 amide bonds. The van der Waals surface area contributed by atoms with Crippen molar-refractivity contribution in [3.63, 3.8) is 0 Å². The number of aromatic nitrogens is 3. The molecule has 172 valence electrons. The molecule has 5 rings (SSSR count). The SMILES string of the molecule is C[C@@H](Nc1ccc2ncc(-c3ccc(N4C[C@@H](NC(=O)O)CC4=O)cc3)n2n1)c1ccccc1. The molecule has 0 saturated carbocycles. The minimum Gasteiger partial charge on any atom is -0.465 e. The van der Waals surface area contributed by atoms with Gasteiger partial charge >= 0.3 is 6.09 Å². The van der Waals surface area contributed by atoms with Gasteiger partial charge in [0.25, 0.3) is 0 Å². The van der Waals surface area contributed by atoms with E-state index in [4.69, 9.17) is 10.2 Å². The fourth-order valence-electron chi connectivity index (χ4n) is 4.23. The quantitative estimate of drug-likeness (QED) is 0.405. The minimum atomic E-state index is -1.12. The highest BCUT2D eigenvalue weighted by atomic mass is 16.4. The Morgan fingerprint density at radius 1 is 1.09 bits per heavy atom. The Kier molecular flexibility index (Phi) is 5.59. The first-order valence-corrected chi connectivity index (χ1v) is 11.0. The maximum absolute atomic E-state index is 12.3. The number of nitrogens with zero attached hydrogens (tertiary/aromatic N) is 4. The van der Waals surface area contributed by atoms with Crippen molar-refractivity contribution < 1.29 is 14.7 Å². The Morgan fingerprint density at radius 3 is 2.59 bits per heavy atom. The lowest BCUT2D eigenvalue weighted by Crippen LogP contribution is -2.36. The Balaban J connectivity index is 1.36. The molecular weight excluding hydrogens is 432 g/mol. The van der Waals surface area contributed by atoms with Crippen molar-refractivity contribution in [3.05, 3.63) is 78.5 Å². The lowest BCUT2D eigenvalue weighted by Gasteiger charge is -2.17. The highest BCUT2D eigenvalue weighted by Crippen LogP contribution is 2.27. The molecule has 34 heavy (non-hydrogen) atoms. The number of amides is 2. The van der Waals surface area contributed by atoms with E-state index in [1.54, 1.807) is 15.6 Å². The second-order valence-electron chi connectivity index (χ2n) is 8.31. The van der Waals surface area contributed by atoms with E-state index >= 15 is 0 Å². The summed E-state index contributed by atoms with van der Waals surface area (Å²) >= 11 is 0. The van der Waals surface area contributed by atoms with E-state index < -0.39 is 12.1 Å². The normalized spacial score (nSPS) is 16.6. The van der Waals surface area contributed by atoms with Crippen LogP contribution in [-0.2, 0) is 4.79 Å². The van der Waals surface area contributed by atoms with Gasteiger partial charge in [-0.25, -0.2) is 14.3 Å². The van der Waals surface area contributed by atoms with Crippen LogP contribution in [0.2, 0.25) is 0 Å². The molecule has 3 N–H and O–H groups in total. The van der Waals surface area contributed by atoms with Crippen LogP contribution in [0.5, 0.6) is 0 Å². The van der Waals surface area contributed by atoms with Crippen LogP contribution < -0.4 is 15.5 Å². The van der Waals surface area contributed by atoms with Crippen LogP contribution in [0.15, 0.2) is 72.9 Å². The lowest BCUT2D eigenvalue weighted by atomic mass is 10.1. The molecule has 2 aromatic heterocycles.